The fourth-order valence-corrected chi connectivity index (χ4v) is 3.16. The van der Waals surface area contributed by atoms with Crippen molar-refractivity contribution in [1.29, 1.82) is 0 Å². The van der Waals surface area contributed by atoms with Gasteiger partial charge in [0.2, 0.25) is 0 Å². The molecule has 128 valence electrons. The van der Waals surface area contributed by atoms with E-state index in [4.69, 9.17) is 0 Å². The quantitative estimate of drug-likeness (QED) is 0.637. The summed E-state index contributed by atoms with van der Waals surface area (Å²) in [5, 5.41) is 4.41. The van der Waals surface area contributed by atoms with E-state index in [1.165, 1.54) is 70.1 Å². The molecule has 0 aromatic carbocycles. The van der Waals surface area contributed by atoms with Gasteiger partial charge in [0.1, 0.15) is 0 Å². The van der Waals surface area contributed by atoms with Gasteiger partial charge in [0, 0.05) is 12.7 Å². The third kappa shape index (κ3) is 7.44. The number of unbranched alkanes of at least 4 members (excludes halogenated alkanes) is 4. The molecule has 22 heavy (non-hydrogen) atoms. The van der Waals surface area contributed by atoms with Crippen LogP contribution in [0.5, 0.6) is 0 Å². The Labute approximate surface area is 138 Å². The summed E-state index contributed by atoms with van der Waals surface area (Å²) < 4.78 is 2.13. The molecule has 1 aromatic rings. The van der Waals surface area contributed by atoms with Crippen LogP contribution in [0.4, 0.5) is 0 Å². The standard InChI is InChI=1S/C17H31N3.C2H6/c1-3-4-5-6-7-10-19-11-8-17(9-12-19)15-20-14-16(2)13-18-20;1-2/h13-14,17H,3-12,15H2,1-2H3;1-2H3. The molecule has 1 aromatic heterocycles. The summed E-state index contributed by atoms with van der Waals surface area (Å²) in [5.74, 6) is 0.825. The Balaban J connectivity index is 0.00000116. The number of hydrogen-bond acceptors (Lipinski definition) is 2. The molecule has 0 atom stereocenters. The van der Waals surface area contributed by atoms with Gasteiger partial charge in [0.05, 0.1) is 6.20 Å². The minimum absolute atomic E-state index is 0.825. The minimum Gasteiger partial charge on any atom is -0.303 e. The predicted molar refractivity (Wildman–Crippen MR) is 96.2 cm³/mol. The van der Waals surface area contributed by atoms with Gasteiger partial charge >= 0.3 is 0 Å². The molecule has 2 rings (SSSR count). The van der Waals surface area contributed by atoms with E-state index in [9.17, 15) is 0 Å². The van der Waals surface area contributed by atoms with Gasteiger partial charge in [0.25, 0.3) is 0 Å². The second kappa shape index (κ2) is 11.7. The van der Waals surface area contributed by atoms with Gasteiger partial charge < -0.3 is 4.90 Å². The minimum atomic E-state index is 0.825. The van der Waals surface area contributed by atoms with Crippen molar-refractivity contribution < 1.29 is 0 Å². The summed E-state index contributed by atoms with van der Waals surface area (Å²) in [6, 6.07) is 0. The molecule has 0 aliphatic carbocycles. The number of piperidine rings is 1. The summed E-state index contributed by atoms with van der Waals surface area (Å²) in [6.07, 6.45) is 13.8. The first kappa shape index (κ1) is 19.2. The maximum Gasteiger partial charge on any atom is 0.0518 e. The number of aromatic nitrogens is 2. The zero-order valence-electron chi connectivity index (χ0n) is 15.4. The van der Waals surface area contributed by atoms with Gasteiger partial charge in [-0.25, -0.2) is 0 Å². The van der Waals surface area contributed by atoms with Crippen LogP contribution in [0.25, 0.3) is 0 Å². The summed E-state index contributed by atoms with van der Waals surface area (Å²) in [5.41, 5.74) is 1.27. The molecule has 0 spiro atoms. The fraction of sp³-hybridized carbons (Fsp3) is 0.842. The van der Waals surface area contributed by atoms with Gasteiger partial charge in [0.15, 0.2) is 0 Å². The predicted octanol–water partition coefficient (Wildman–Crippen LogP) is 4.90. The largest absolute Gasteiger partial charge is 0.303 e. The Morgan fingerprint density at radius 2 is 1.77 bits per heavy atom. The maximum atomic E-state index is 4.41. The van der Waals surface area contributed by atoms with Crippen LogP contribution in [-0.4, -0.2) is 34.3 Å². The number of aryl methyl sites for hydroxylation is 1. The molecule has 2 heterocycles. The van der Waals surface area contributed by atoms with Crippen molar-refractivity contribution in [1.82, 2.24) is 14.7 Å². The Hall–Kier alpha value is -0.830. The van der Waals surface area contributed by atoms with Gasteiger partial charge in [-0.05, 0) is 57.3 Å². The highest BCUT2D eigenvalue weighted by Gasteiger charge is 2.19. The molecule has 0 bridgehead atoms. The fourth-order valence-electron chi connectivity index (χ4n) is 3.16. The maximum absolute atomic E-state index is 4.41. The molecule has 0 radical (unpaired) electrons. The van der Waals surface area contributed by atoms with Crippen molar-refractivity contribution in [3.63, 3.8) is 0 Å². The highest BCUT2D eigenvalue weighted by Crippen LogP contribution is 2.19. The lowest BCUT2D eigenvalue weighted by Gasteiger charge is -2.31. The van der Waals surface area contributed by atoms with E-state index in [2.05, 4.69) is 34.7 Å². The average molecular weight is 308 g/mol. The summed E-state index contributed by atoms with van der Waals surface area (Å²) >= 11 is 0. The van der Waals surface area contributed by atoms with Crippen LogP contribution < -0.4 is 0 Å². The van der Waals surface area contributed by atoms with Gasteiger partial charge in [-0.2, -0.15) is 5.10 Å². The molecule has 0 unspecified atom stereocenters. The van der Waals surface area contributed by atoms with Crippen molar-refractivity contribution in [3.05, 3.63) is 18.0 Å². The van der Waals surface area contributed by atoms with Crippen LogP contribution in [0.15, 0.2) is 12.4 Å². The van der Waals surface area contributed by atoms with E-state index >= 15 is 0 Å². The topological polar surface area (TPSA) is 21.1 Å². The smallest absolute Gasteiger partial charge is 0.0518 e. The first-order chi connectivity index (χ1) is 10.8. The highest BCUT2D eigenvalue weighted by atomic mass is 15.3. The Morgan fingerprint density at radius 1 is 1.09 bits per heavy atom. The van der Waals surface area contributed by atoms with Crippen LogP contribution in [0.3, 0.4) is 0 Å². The highest BCUT2D eigenvalue weighted by molar-refractivity contribution is 4.99. The van der Waals surface area contributed by atoms with E-state index in [-0.39, 0.29) is 0 Å². The van der Waals surface area contributed by atoms with E-state index < -0.39 is 0 Å². The molecule has 0 N–H and O–H groups in total. The van der Waals surface area contributed by atoms with Crippen LogP contribution in [0.2, 0.25) is 0 Å². The van der Waals surface area contributed by atoms with Crippen molar-refractivity contribution in [2.24, 2.45) is 5.92 Å². The average Bonchev–Trinajstić information content (AvgIpc) is 2.96. The SMILES string of the molecule is CC.CCCCCCCN1CCC(Cn2cc(C)cn2)CC1. The number of nitrogens with zero attached hydrogens (tertiary/aromatic N) is 3. The Bertz CT molecular complexity index is 365. The van der Waals surface area contributed by atoms with E-state index in [1.54, 1.807) is 0 Å². The Morgan fingerprint density at radius 3 is 2.36 bits per heavy atom. The van der Waals surface area contributed by atoms with E-state index in [0.29, 0.717) is 0 Å². The lowest BCUT2D eigenvalue weighted by molar-refractivity contribution is 0.168. The van der Waals surface area contributed by atoms with Crippen molar-refractivity contribution in [3.8, 4) is 0 Å². The normalized spacial score (nSPS) is 16.4. The first-order valence-electron chi connectivity index (χ1n) is 9.49. The van der Waals surface area contributed by atoms with Crippen LogP contribution in [0.1, 0.15) is 71.3 Å². The third-order valence-corrected chi connectivity index (χ3v) is 4.49. The number of rotatable bonds is 8. The van der Waals surface area contributed by atoms with Crippen LogP contribution in [0, 0.1) is 12.8 Å². The Kier molecular flexibility index (Phi) is 10.2. The van der Waals surface area contributed by atoms with Crippen molar-refractivity contribution >= 4 is 0 Å². The molecule has 1 saturated heterocycles. The molecule has 3 nitrogen and oxygen atoms in total. The number of likely N-dealkylation sites (tertiary alicyclic amines) is 1. The molecule has 1 fully saturated rings. The van der Waals surface area contributed by atoms with Crippen LogP contribution >= 0.6 is 0 Å². The monoisotopic (exact) mass is 307 g/mol. The zero-order valence-corrected chi connectivity index (χ0v) is 15.4. The molecule has 1 aliphatic rings. The second-order valence-electron chi connectivity index (χ2n) is 6.44. The van der Waals surface area contributed by atoms with Crippen molar-refractivity contribution in [2.75, 3.05) is 19.6 Å². The van der Waals surface area contributed by atoms with Gasteiger partial charge in [-0.3, -0.25) is 4.68 Å². The lowest BCUT2D eigenvalue weighted by atomic mass is 9.96. The summed E-state index contributed by atoms with van der Waals surface area (Å²) in [7, 11) is 0. The molecule has 1 aliphatic heterocycles. The van der Waals surface area contributed by atoms with Crippen LogP contribution in [-0.2, 0) is 6.54 Å². The molecular weight excluding hydrogens is 270 g/mol. The second-order valence-corrected chi connectivity index (χ2v) is 6.44. The van der Waals surface area contributed by atoms with E-state index in [1.807, 2.05) is 20.0 Å². The third-order valence-electron chi connectivity index (χ3n) is 4.49. The summed E-state index contributed by atoms with van der Waals surface area (Å²) in [6.45, 7) is 13.4. The molecule has 3 heteroatoms. The molecule has 0 saturated carbocycles. The van der Waals surface area contributed by atoms with E-state index in [0.717, 1.165) is 12.5 Å². The number of hydrogen-bond donors (Lipinski definition) is 0. The van der Waals surface area contributed by atoms with Gasteiger partial charge in [-0.1, -0.05) is 46.5 Å². The molecular formula is C19H37N3. The van der Waals surface area contributed by atoms with Gasteiger partial charge in [-0.15, -0.1) is 0 Å². The summed E-state index contributed by atoms with van der Waals surface area (Å²) in [4.78, 5) is 2.66. The molecule has 0 amide bonds. The lowest BCUT2D eigenvalue weighted by Crippen LogP contribution is -2.35. The first-order valence-corrected chi connectivity index (χ1v) is 9.49. The van der Waals surface area contributed by atoms with Crippen molar-refractivity contribution in [2.45, 2.75) is 79.2 Å². The zero-order chi connectivity index (χ0) is 16.2.